The maximum atomic E-state index is 13.3. The van der Waals surface area contributed by atoms with E-state index in [-0.39, 0.29) is 36.1 Å². The molecule has 0 saturated carbocycles. The van der Waals surface area contributed by atoms with Crippen LogP contribution >= 0.6 is 0 Å². The predicted molar refractivity (Wildman–Crippen MR) is 141 cm³/mol. The van der Waals surface area contributed by atoms with Crippen LogP contribution in [0.3, 0.4) is 0 Å². The molecule has 2 saturated heterocycles. The first-order valence-corrected chi connectivity index (χ1v) is 13.1. The van der Waals surface area contributed by atoms with E-state index in [1.165, 1.54) is 4.57 Å². The Balaban J connectivity index is 1.39. The number of likely N-dealkylation sites (tertiary alicyclic amines) is 1. The highest BCUT2D eigenvalue weighted by Gasteiger charge is 2.31. The molecule has 1 atom stereocenters. The normalized spacial score (nSPS) is 18.8. The van der Waals surface area contributed by atoms with Crippen molar-refractivity contribution < 1.29 is 23.9 Å². The van der Waals surface area contributed by atoms with Gasteiger partial charge in [-0.3, -0.25) is 29.1 Å². The number of nitrogens with one attached hydrogen (secondary N) is 2. The van der Waals surface area contributed by atoms with Crippen molar-refractivity contribution in [2.24, 2.45) is 5.92 Å². The van der Waals surface area contributed by atoms with Crippen molar-refractivity contribution in [1.29, 1.82) is 0 Å². The summed E-state index contributed by atoms with van der Waals surface area (Å²) in [6.45, 7) is 8.37. The van der Waals surface area contributed by atoms with Crippen LogP contribution < -0.4 is 16.2 Å². The number of anilines is 1. The fraction of sp³-hybridized carbons (Fsp3) is 0.556. The number of hydrogen-bond acceptors (Lipinski definition) is 7. The number of aromatic nitrogens is 2. The summed E-state index contributed by atoms with van der Waals surface area (Å²) in [5, 5.41) is 5.45. The number of hydrogen-bond donors (Lipinski definition) is 2. The molecule has 2 N–H and O–H groups in total. The summed E-state index contributed by atoms with van der Waals surface area (Å²) < 4.78 is 6.76. The summed E-state index contributed by atoms with van der Waals surface area (Å²) in [5.41, 5.74) is -0.130. The van der Waals surface area contributed by atoms with Gasteiger partial charge in [-0.05, 0) is 71.4 Å². The SMILES string of the molecule is Cc1nc2c(NC(=O)CCC3CCN(C(=O)OC(C)(C)C)CC3)cccc2c(=O)n1C1CCC(=O)NC1=O. The molecular formula is C27H35N5O6. The van der Waals surface area contributed by atoms with Gasteiger partial charge in [-0.1, -0.05) is 6.07 Å². The molecule has 1 aromatic heterocycles. The summed E-state index contributed by atoms with van der Waals surface area (Å²) in [6, 6.07) is 4.16. The van der Waals surface area contributed by atoms with Gasteiger partial charge in [-0.15, -0.1) is 0 Å². The first-order valence-electron chi connectivity index (χ1n) is 13.1. The van der Waals surface area contributed by atoms with Crippen molar-refractivity contribution in [1.82, 2.24) is 19.8 Å². The molecule has 4 amide bonds. The van der Waals surface area contributed by atoms with E-state index in [0.29, 0.717) is 48.9 Å². The topological polar surface area (TPSA) is 140 Å². The van der Waals surface area contributed by atoms with E-state index in [1.54, 1.807) is 30.0 Å². The predicted octanol–water partition coefficient (Wildman–Crippen LogP) is 3.05. The Kier molecular flexibility index (Phi) is 7.84. The van der Waals surface area contributed by atoms with E-state index in [4.69, 9.17) is 4.74 Å². The fourth-order valence-corrected chi connectivity index (χ4v) is 5.00. The van der Waals surface area contributed by atoms with Gasteiger partial charge >= 0.3 is 6.09 Å². The first kappa shape index (κ1) is 27.3. The van der Waals surface area contributed by atoms with Gasteiger partial charge in [-0.2, -0.15) is 0 Å². The molecule has 3 heterocycles. The van der Waals surface area contributed by atoms with Crippen LogP contribution in [-0.2, 0) is 19.1 Å². The highest BCUT2D eigenvalue weighted by atomic mass is 16.6. The van der Waals surface area contributed by atoms with Crippen LogP contribution in [0.4, 0.5) is 10.5 Å². The Morgan fingerprint density at radius 1 is 1.13 bits per heavy atom. The zero-order valence-corrected chi connectivity index (χ0v) is 22.3. The van der Waals surface area contributed by atoms with Crippen molar-refractivity contribution in [3.05, 3.63) is 34.4 Å². The monoisotopic (exact) mass is 525 g/mol. The minimum absolute atomic E-state index is 0.149. The van der Waals surface area contributed by atoms with Crippen LogP contribution in [0, 0.1) is 12.8 Å². The number of piperidine rings is 2. The highest BCUT2D eigenvalue weighted by molar-refractivity contribution is 6.01. The van der Waals surface area contributed by atoms with E-state index < -0.39 is 23.1 Å². The average molecular weight is 526 g/mol. The second-order valence-electron chi connectivity index (χ2n) is 11.0. The van der Waals surface area contributed by atoms with Gasteiger partial charge in [0, 0.05) is 25.9 Å². The molecule has 204 valence electrons. The van der Waals surface area contributed by atoms with E-state index in [1.807, 2.05) is 20.8 Å². The van der Waals surface area contributed by atoms with Gasteiger partial charge in [-0.25, -0.2) is 9.78 Å². The van der Waals surface area contributed by atoms with Gasteiger partial charge in [0.2, 0.25) is 17.7 Å². The lowest BCUT2D eigenvalue weighted by atomic mass is 9.92. The number of benzene rings is 1. The summed E-state index contributed by atoms with van der Waals surface area (Å²) >= 11 is 0. The second kappa shape index (κ2) is 10.9. The molecule has 0 spiro atoms. The number of nitrogens with zero attached hydrogens (tertiary/aromatic N) is 3. The third-order valence-corrected chi connectivity index (χ3v) is 6.95. The number of aryl methyl sites for hydroxylation is 1. The van der Waals surface area contributed by atoms with E-state index >= 15 is 0 Å². The second-order valence-corrected chi connectivity index (χ2v) is 11.0. The van der Waals surface area contributed by atoms with Crippen molar-refractivity contribution >= 4 is 40.4 Å². The van der Waals surface area contributed by atoms with E-state index in [9.17, 15) is 24.0 Å². The van der Waals surface area contributed by atoms with Crippen molar-refractivity contribution in [2.45, 2.75) is 77.9 Å². The van der Waals surface area contributed by atoms with Gasteiger partial charge in [0.1, 0.15) is 23.0 Å². The summed E-state index contributed by atoms with van der Waals surface area (Å²) in [5.74, 6) is -0.400. The lowest BCUT2D eigenvalue weighted by Crippen LogP contribution is -2.45. The fourth-order valence-electron chi connectivity index (χ4n) is 5.00. The number of fused-ring (bicyclic) bond motifs is 1. The number of amides is 4. The zero-order valence-electron chi connectivity index (χ0n) is 22.3. The van der Waals surface area contributed by atoms with Crippen LogP contribution in [0.2, 0.25) is 0 Å². The molecule has 2 aliphatic heterocycles. The molecule has 0 aliphatic carbocycles. The maximum Gasteiger partial charge on any atom is 0.410 e. The van der Waals surface area contributed by atoms with Crippen LogP contribution in [0.25, 0.3) is 10.9 Å². The Hall–Kier alpha value is -3.76. The molecular weight excluding hydrogens is 490 g/mol. The minimum atomic E-state index is -0.808. The third-order valence-electron chi connectivity index (χ3n) is 6.95. The van der Waals surface area contributed by atoms with Gasteiger partial charge in [0.15, 0.2) is 0 Å². The molecule has 4 rings (SSSR count). The summed E-state index contributed by atoms with van der Waals surface area (Å²) in [4.78, 5) is 68.5. The first-order chi connectivity index (χ1) is 17.9. The molecule has 38 heavy (non-hydrogen) atoms. The number of imide groups is 1. The maximum absolute atomic E-state index is 13.3. The summed E-state index contributed by atoms with van der Waals surface area (Å²) in [6.07, 6.45) is 2.68. The van der Waals surface area contributed by atoms with Crippen LogP contribution in [0.15, 0.2) is 23.0 Å². The summed E-state index contributed by atoms with van der Waals surface area (Å²) in [7, 11) is 0. The Bertz CT molecular complexity index is 1320. The smallest absolute Gasteiger partial charge is 0.410 e. The molecule has 2 aliphatic rings. The van der Waals surface area contributed by atoms with Gasteiger partial charge in [0.05, 0.1) is 11.1 Å². The molecule has 0 radical (unpaired) electrons. The zero-order chi connectivity index (χ0) is 27.6. The number of carbonyl (C=O) groups is 4. The average Bonchev–Trinajstić information content (AvgIpc) is 2.84. The van der Waals surface area contributed by atoms with E-state index in [0.717, 1.165) is 12.8 Å². The molecule has 0 bridgehead atoms. The quantitative estimate of drug-likeness (QED) is 0.572. The van der Waals surface area contributed by atoms with Crippen LogP contribution in [0.1, 0.15) is 71.2 Å². The van der Waals surface area contributed by atoms with Crippen LogP contribution in [0.5, 0.6) is 0 Å². The number of para-hydroxylation sites is 1. The van der Waals surface area contributed by atoms with Gasteiger partial charge in [0.25, 0.3) is 5.56 Å². The molecule has 2 aromatic rings. The third kappa shape index (κ3) is 6.20. The standard InChI is InChI=1S/C27H35N5O6/c1-16-28-23-18(25(36)32(16)20-9-11-22(34)30-24(20)35)6-5-7-19(23)29-21(33)10-8-17-12-14-31(15-13-17)26(37)38-27(2,3)4/h5-7,17,20H,8-15H2,1-4H3,(H,29,33)(H,30,34,35). The number of carbonyl (C=O) groups excluding carboxylic acids is 4. The highest BCUT2D eigenvalue weighted by Crippen LogP contribution is 2.26. The van der Waals surface area contributed by atoms with Crippen molar-refractivity contribution in [3.63, 3.8) is 0 Å². The lowest BCUT2D eigenvalue weighted by Gasteiger charge is -2.33. The Morgan fingerprint density at radius 3 is 2.50 bits per heavy atom. The molecule has 11 heteroatoms. The largest absolute Gasteiger partial charge is 0.444 e. The Morgan fingerprint density at radius 2 is 1.84 bits per heavy atom. The lowest BCUT2D eigenvalue weighted by molar-refractivity contribution is -0.135. The molecule has 1 unspecified atom stereocenters. The Labute approximate surface area is 220 Å². The molecule has 1 aromatic carbocycles. The molecule has 11 nitrogen and oxygen atoms in total. The van der Waals surface area contributed by atoms with Crippen molar-refractivity contribution in [2.75, 3.05) is 18.4 Å². The number of rotatable bonds is 5. The van der Waals surface area contributed by atoms with Gasteiger partial charge < -0.3 is 15.0 Å². The van der Waals surface area contributed by atoms with Crippen molar-refractivity contribution in [3.8, 4) is 0 Å². The number of ether oxygens (including phenoxy) is 1. The minimum Gasteiger partial charge on any atom is -0.444 e. The van der Waals surface area contributed by atoms with Crippen LogP contribution in [-0.4, -0.2) is 57.0 Å². The molecule has 2 fully saturated rings. The van der Waals surface area contributed by atoms with E-state index in [2.05, 4.69) is 15.6 Å².